The van der Waals surface area contributed by atoms with Gasteiger partial charge in [-0.3, -0.25) is 4.79 Å². The molecule has 21 heavy (non-hydrogen) atoms. The van der Waals surface area contributed by atoms with Gasteiger partial charge in [0.15, 0.2) is 0 Å². The van der Waals surface area contributed by atoms with Gasteiger partial charge in [-0.15, -0.1) is 0 Å². The summed E-state index contributed by atoms with van der Waals surface area (Å²) in [5.41, 5.74) is 0.409. The molecule has 0 fully saturated rings. The zero-order valence-electron chi connectivity index (χ0n) is 13.2. The lowest BCUT2D eigenvalue weighted by atomic mass is 10.2. The van der Waals surface area contributed by atoms with Crippen LogP contribution in [-0.2, 0) is 10.0 Å². The minimum Gasteiger partial charge on any atom is -0.339 e. The molecule has 5 nitrogen and oxygen atoms in total. The first-order valence-electron chi connectivity index (χ1n) is 7.31. The number of hydrogen-bond donors (Lipinski definition) is 0. The van der Waals surface area contributed by atoms with E-state index in [0.29, 0.717) is 31.7 Å². The van der Waals surface area contributed by atoms with Gasteiger partial charge in [-0.05, 0) is 32.0 Å². The van der Waals surface area contributed by atoms with E-state index in [9.17, 15) is 13.2 Å². The van der Waals surface area contributed by atoms with E-state index in [1.54, 1.807) is 30.9 Å². The van der Waals surface area contributed by atoms with Crippen molar-refractivity contribution in [2.75, 3.05) is 26.2 Å². The smallest absolute Gasteiger partial charge is 0.253 e. The Kier molecular flexibility index (Phi) is 6.36. The van der Waals surface area contributed by atoms with Crippen molar-refractivity contribution in [2.45, 2.75) is 32.6 Å². The Morgan fingerprint density at radius 3 is 2.05 bits per heavy atom. The molecule has 0 aliphatic carbocycles. The minimum absolute atomic E-state index is 0.142. The van der Waals surface area contributed by atoms with Crippen LogP contribution < -0.4 is 0 Å². The fourth-order valence-corrected chi connectivity index (χ4v) is 3.70. The standard InChI is InChI=1S/C15H24N2O3S/c1-5-16(6-2)15(18)13-10-9-11-14(12-13)21(19,20)17(7-3)8-4/h9-12H,5-8H2,1-4H3. The Labute approximate surface area is 127 Å². The average Bonchev–Trinajstić information content (AvgIpc) is 2.49. The van der Waals surface area contributed by atoms with Crippen molar-refractivity contribution >= 4 is 15.9 Å². The highest BCUT2D eigenvalue weighted by molar-refractivity contribution is 7.89. The highest BCUT2D eigenvalue weighted by Crippen LogP contribution is 2.18. The maximum absolute atomic E-state index is 12.5. The van der Waals surface area contributed by atoms with Gasteiger partial charge in [0, 0.05) is 31.7 Å². The number of sulfonamides is 1. The van der Waals surface area contributed by atoms with E-state index in [1.807, 2.05) is 13.8 Å². The van der Waals surface area contributed by atoms with Gasteiger partial charge in [0.05, 0.1) is 4.90 Å². The molecule has 6 heteroatoms. The van der Waals surface area contributed by atoms with Crippen LogP contribution in [-0.4, -0.2) is 49.7 Å². The molecule has 0 radical (unpaired) electrons. The quantitative estimate of drug-likeness (QED) is 0.775. The molecule has 0 bridgehead atoms. The van der Waals surface area contributed by atoms with Crippen LogP contribution >= 0.6 is 0 Å². The van der Waals surface area contributed by atoms with Crippen LogP contribution in [0.25, 0.3) is 0 Å². The second kappa shape index (κ2) is 7.56. The van der Waals surface area contributed by atoms with E-state index in [0.717, 1.165) is 0 Å². The lowest BCUT2D eigenvalue weighted by Gasteiger charge is -2.21. The number of nitrogens with zero attached hydrogens (tertiary/aromatic N) is 2. The van der Waals surface area contributed by atoms with Gasteiger partial charge >= 0.3 is 0 Å². The average molecular weight is 312 g/mol. The van der Waals surface area contributed by atoms with Crippen LogP contribution in [0.1, 0.15) is 38.1 Å². The molecule has 1 amide bonds. The third kappa shape index (κ3) is 3.83. The third-order valence-corrected chi connectivity index (χ3v) is 5.52. The van der Waals surface area contributed by atoms with Gasteiger partial charge in [-0.1, -0.05) is 19.9 Å². The molecule has 1 rings (SSSR count). The Balaban J connectivity index is 3.20. The van der Waals surface area contributed by atoms with E-state index in [1.165, 1.54) is 16.4 Å². The molecule has 0 unspecified atom stereocenters. The molecule has 1 aromatic rings. The topological polar surface area (TPSA) is 57.7 Å². The van der Waals surface area contributed by atoms with Crippen LogP contribution in [0.4, 0.5) is 0 Å². The van der Waals surface area contributed by atoms with Crippen LogP contribution in [0, 0.1) is 0 Å². The number of carbonyl (C=O) groups excluding carboxylic acids is 1. The van der Waals surface area contributed by atoms with Crippen molar-refractivity contribution in [1.29, 1.82) is 0 Å². The summed E-state index contributed by atoms with van der Waals surface area (Å²) >= 11 is 0. The fraction of sp³-hybridized carbons (Fsp3) is 0.533. The van der Waals surface area contributed by atoms with Crippen LogP contribution in [0.15, 0.2) is 29.2 Å². The Morgan fingerprint density at radius 1 is 1.00 bits per heavy atom. The SMILES string of the molecule is CCN(CC)C(=O)c1cccc(S(=O)(=O)N(CC)CC)c1. The van der Waals surface area contributed by atoms with Crippen molar-refractivity contribution in [1.82, 2.24) is 9.21 Å². The molecular formula is C15H24N2O3S. The van der Waals surface area contributed by atoms with Gasteiger partial charge in [0.1, 0.15) is 0 Å². The lowest BCUT2D eigenvalue weighted by Crippen LogP contribution is -2.32. The molecule has 0 saturated heterocycles. The van der Waals surface area contributed by atoms with E-state index < -0.39 is 10.0 Å². The fourth-order valence-electron chi connectivity index (χ4n) is 2.20. The second-order valence-electron chi connectivity index (χ2n) is 4.59. The van der Waals surface area contributed by atoms with Crippen LogP contribution in [0.2, 0.25) is 0 Å². The minimum atomic E-state index is -3.53. The normalized spacial score (nSPS) is 11.7. The molecule has 0 N–H and O–H groups in total. The molecule has 0 aliphatic rings. The maximum atomic E-state index is 12.5. The highest BCUT2D eigenvalue weighted by atomic mass is 32.2. The van der Waals surface area contributed by atoms with E-state index in [4.69, 9.17) is 0 Å². The predicted octanol–water partition coefficient (Wildman–Crippen LogP) is 2.20. The summed E-state index contributed by atoms with van der Waals surface area (Å²) in [6.07, 6.45) is 0. The van der Waals surface area contributed by atoms with Crippen molar-refractivity contribution < 1.29 is 13.2 Å². The monoisotopic (exact) mass is 312 g/mol. The van der Waals surface area contributed by atoms with Crippen LogP contribution in [0.5, 0.6) is 0 Å². The summed E-state index contributed by atoms with van der Waals surface area (Å²) in [4.78, 5) is 14.2. The lowest BCUT2D eigenvalue weighted by molar-refractivity contribution is 0.0772. The van der Waals surface area contributed by atoms with Gasteiger partial charge in [-0.25, -0.2) is 8.42 Å². The van der Waals surface area contributed by atoms with Crippen LogP contribution in [0.3, 0.4) is 0 Å². The van der Waals surface area contributed by atoms with Gasteiger partial charge in [0.2, 0.25) is 10.0 Å². The second-order valence-corrected chi connectivity index (χ2v) is 6.53. The number of carbonyl (C=O) groups is 1. The number of rotatable bonds is 7. The van der Waals surface area contributed by atoms with E-state index in [2.05, 4.69) is 0 Å². The number of benzene rings is 1. The van der Waals surface area contributed by atoms with E-state index >= 15 is 0 Å². The summed E-state index contributed by atoms with van der Waals surface area (Å²) in [5.74, 6) is -0.142. The Morgan fingerprint density at radius 2 is 1.57 bits per heavy atom. The van der Waals surface area contributed by atoms with Crippen molar-refractivity contribution in [3.8, 4) is 0 Å². The first-order chi connectivity index (χ1) is 9.92. The van der Waals surface area contributed by atoms with E-state index in [-0.39, 0.29) is 10.8 Å². The molecule has 0 heterocycles. The summed E-state index contributed by atoms with van der Waals surface area (Å²) in [6.45, 7) is 9.42. The summed E-state index contributed by atoms with van der Waals surface area (Å²) in [5, 5.41) is 0. The Bertz CT molecular complexity index is 576. The number of amides is 1. The van der Waals surface area contributed by atoms with Crippen molar-refractivity contribution in [2.24, 2.45) is 0 Å². The van der Waals surface area contributed by atoms with Gasteiger partial charge in [-0.2, -0.15) is 4.31 Å². The summed E-state index contributed by atoms with van der Waals surface area (Å²) < 4.78 is 26.3. The first kappa shape index (κ1) is 17.7. The molecule has 1 aromatic carbocycles. The van der Waals surface area contributed by atoms with Gasteiger partial charge < -0.3 is 4.90 Å². The first-order valence-corrected chi connectivity index (χ1v) is 8.75. The largest absolute Gasteiger partial charge is 0.339 e. The zero-order chi connectivity index (χ0) is 16.0. The maximum Gasteiger partial charge on any atom is 0.253 e. The summed E-state index contributed by atoms with van der Waals surface area (Å²) in [7, 11) is -3.53. The zero-order valence-corrected chi connectivity index (χ0v) is 14.0. The molecule has 0 atom stereocenters. The molecule has 0 spiro atoms. The molecule has 0 aromatic heterocycles. The van der Waals surface area contributed by atoms with Crippen molar-refractivity contribution in [3.05, 3.63) is 29.8 Å². The number of hydrogen-bond acceptors (Lipinski definition) is 3. The van der Waals surface area contributed by atoms with Gasteiger partial charge in [0.25, 0.3) is 5.91 Å². The highest BCUT2D eigenvalue weighted by Gasteiger charge is 2.23. The molecule has 0 saturated carbocycles. The summed E-state index contributed by atoms with van der Waals surface area (Å²) in [6, 6.07) is 6.27. The molecular weight excluding hydrogens is 288 g/mol. The third-order valence-electron chi connectivity index (χ3n) is 3.47. The molecule has 118 valence electrons. The van der Waals surface area contributed by atoms with Crippen molar-refractivity contribution in [3.63, 3.8) is 0 Å². The Hall–Kier alpha value is -1.40. The molecule has 0 aliphatic heterocycles. The predicted molar refractivity (Wildman–Crippen MR) is 83.8 cm³/mol.